The van der Waals surface area contributed by atoms with Gasteiger partial charge in [0, 0.05) is 37.8 Å². The fourth-order valence-corrected chi connectivity index (χ4v) is 1.96. The van der Waals surface area contributed by atoms with E-state index in [9.17, 15) is 0 Å². The fourth-order valence-electron chi connectivity index (χ4n) is 1.96. The van der Waals surface area contributed by atoms with Crippen LogP contribution >= 0.6 is 24.0 Å². The van der Waals surface area contributed by atoms with Crippen LogP contribution in [0.2, 0.25) is 0 Å². The van der Waals surface area contributed by atoms with E-state index in [1.165, 1.54) is 0 Å². The van der Waals surface area contributed by atoms with Gasteiger partial charge in [0.25, 0.3) is 0 Å². The maximum absolute atomic E-state index is 5.63. The highest BCUT2D eigenvalue weighted by molar-refractivity contribution is 14.0. The molecule has 0 atom stereocenters. The SMILES string of the molecule is CCOc1ccccc1CNC(=NC)NCCNC(C)(C)C.I. The second-order valence-corrected chi connectivity index (χ2v) is 6.07. The molecule has 0 unspecified atom stereocenters. The van der Waals surface area contributed by atoms with Crippen molar-refractivity contribution in [2.24, 2.45) is 4.99 Å². The van der Waals surface area contributed by atoms with Crippen molar-refractivity contribution >= 4 is 29.9 Å². The van der Waals surface area contributed by atoms with Crippen LogP contribution in [-0.2, 0) is 6.54 Å². The molecule has 1 aromatic rings. The summed E-state index contributed by atoms with van der Waals surface area (Å²) in [5.41, 5.74) is 1.26. The van der Waals surface area contributed by atoms with Crippen molar-refractivity contribution < 1.29 is 4.74 Å². The number of ether oxygens (including phenoxy) is 1. The highest BCUT2D eigenvalue weighted by Crippen LogP contribution is 2.17. The van der Waals surface area contributed by atoms with Crippen LogP contribution in [0.3, 0.4) is 0 Å². The highest BCUT2D eigenvalue weighted by atomic mass is 127. The molecule has 0 aromatic heterocycles. The molecule has 0 amide bonds. The molecular formula is C17H31IN4O. The number of benzene rings is 1. The molecule has 1 rings (SSSR count). The number of hydrogen-bond donors (Lipinski definition) is 3. The number of rotatable bonds is 7. The van der Waals surface area contributed by atoms with Gasteiger partial charge < -0.3 is 20.7 Å². The summed E-state index contributed by atoms with van der Waals surface area (Å²) in [6.45, 7) is 11.5. The molecule has 0 radical (unpaired) electrons. The summed E-state index contributed by atoms with van der Waals surface area (Å²) in [6, 6.07) is 8.05. The van der Waals surface area contributed by atoms with Gasteiger partial charge in [0.15, 0.2) is 5.96 Å². The van der Waals surface area contributed by atoms with E-state index in [2.05, 4.69) is 47.8 Å². The van der Waals surface area contributed by atoms with Crippen LogP contribution in [0.4, 0.5) is 0 Å². The Morgan fingerprint density at radius 3 is 2.43 bits per heavy atom. The minimum absolute atomic E-state index is 0. The van der Waals surface area contributed by atoms with Crippen LogP contribution in [0.5, 0.6) is 5.75 Å². The topological polar surface area (TPSA) is 57.7 Å². The predicted octanol–water partition coefficient (Wildman–Crippen LogP) is 2.76. The van der Waals surface area contributed by atoms with Gasteiger partial charge in [-0.05, 0) is 33.8 Å². The van der Waals surface area contributed by atoms with E-state index in [-0.39, 0.29) is 29.5 Å². The van der Waals surface area contributed by atoms with Gasteiger partial charge in [0.2, 0.25) is 0 Å². The second-order valence-electron chi connectivity index (χ2n) is 6.07. The summed E-state index contributed by atoms with van der Waals surface area (Å²) in [5, 5.41) is 10.0. The van der Waals surface area contributed by atoms with Crippen molar-refractivity contribution in [2.45, 2.75) is 39.8 Å². The van der Waals surface area contributed by atoms with Crippen LogP contribution in [-0.4, -0.2) is 38.2 Å². The Morgan fingerprint density at radius 2 is 1.83 bits per heavy atom. The molecule has 5 nitrogen and oxygen atoms in total. The van der Waals surface area contributed by atoms with Crippen molar-refractivity contribution in [3.05, 3.63) is 29.8 Å². The molecule has 0 aliphatic rings. The lowest BCUT2D eigenvalue weighted by Gasteiger charge is -2.21. The number of guanidine groups is 1. The molecule has 0 saturated carbocycles. The van der Waals surface area contributed by atoms with Gasteiger partial charge in [-0.3, -0.25) is 4.99 Å². The molecule has 1 aromatic carbocycles. The normalized spacial score (nSPS) is 11.6. The monoisotopic (exact) mass is 434 g/mol. The first-order valence-electron chi connectivity index (χ1n) is 7.86. The third-order valence-electron chi connectivity index (χ3n) is 3.02. The van der Waals surface area contributed by atoms with E-state index < -0.39 is 0 Å². The lowest BCUT2D eigenvalue weighted by Crippen LogP contribution is -2.44. The minimum atomic E-state index is 0. The highest BCUT2D eigenvalue weighted by Gasteiger charge is 2.08. The lowest BCUT2D eigenvalue weighted by atomic mass is 10.1. The summed E-state index contributed by atoms with van der Waals surface area (Å²) in [7, 11) is 1.78. The van der Waals surface area contributed by atoms with E-state index in [1.807, 2.05) is 25.1 Å². The zero-order valence-corrected chi connectivity index (χ0v) is 17.2. The molecule has 132 valence electrons. The number of aliphatic imine (C=N–C) groups is 1. The first-order valence-corrected chi connectivity index (χ1v) is 7.86. The predicted molar refractivity (Wildman–Crippen MR) is 109 cm³/mol. The Morgan fingerprint density at radius 1 is 1.13 bits per heavy atom. The Balaban J connectivity index is 0.00000484. The van der Waals surface area contributed by atoms with E-state index in [1.54, 1.807) is 7.05 Å². The molecule has 0 fully saturated rings. The van der Waals surface area contributed by atoms with E-state index in [0.29, 0.717) is 13.2 Å². The molecule has 0 aliphatic heterocycles. The van der Waals surface area contributed by atoms with Crippen molar-refractivity contribution in [3.8, 4) is 5.75 Å². The molecule has 6 heteroatoms. The van der Waals surface area contributed by atoms with Crippen LogP contribution in [0.15, 0.2) is 29.3 Å². The van der Waals surface area contributed by atoms with Crippen LogP contribution in [0.1, 0.15) is 33.3 Å². The summed E-state index contributed by atoms with van der Waals surface area (Å²) >= 11 is 0. The average molecular weight is 434 g/mol. The summed E-state index contributed by atoms with van der Waals surface area (Å²) < 4.78 is 5.63. The number of nitrogens with one attached hydrogen (secondary N) is 3. The van der Waals surface area contributed by atoms with Gasteiger partial charge >= 0.3 is 0 Å². The van der Waals surface area contributed by atoms with Gasteiger partial charge in [-0.2, -0.15) is 0 Å². The maximum Gasteiger partial charge on any atom is 0.191 e. The van der Waals surface area contributed by atoms with E-state index in [0.717, 1.165) is 30.4 Å². The number of para-hydroxylation sites is 1. The van der Waals surface area contributed by atoms with E-state index >= 15 is 0 Å². The van der Waals surface area contributed by atoms with Crippen LogP contribution < -0.4 is 20.7 Å². The molecule has 0 heterocycles. The third-order valence-corrected chi connectivity index (χ3v) is 3.02. The number of halogens is 1. The molecule has 23 heavy (non-hydrogen) atoms. The molecule has 0 aliphatic carbocycles. The quantitative estimate of drug-likeness (QED) is 0.267. The van der Waals surface area contributed by atoms with Crippen molar-refractivity contribution in [1.82, 2.24) is 16.0 Å². The smallest absolute Gasteiger partial charge is 0.191 e. The van der Waals surface area contributed by atoms with Crippen molar-refractivity contribution in [3.63, 3.8) is 0 Å². The third kappa shape index (κ3) is 9.65. The van der Waals surface area contributed by atoms with Crippen LogP contribution in [0, 0.1) is 0 Å². The Bertz CT molecular complexity index is 472. The van der Waals surface area contributed by atoms with E-state index in [4.69, 9.17) is 4.74 Å². The largest absolute Gasteiger partial charge is 0.494 e. The Kier molecular flexibility index (Phi) is 11.0. The van der Waals surface area contributed by atoms with Gasteiger partial charge in [0.1, 0.15) is 5.75 Å². The maximum atomic E-state index is 5.63. The van der Waals surface area contributed by atoms with Gasteiger partial charge in [0.05, 0.1) is 6.61 Å². The first-order chi connectivity index (χ1) is 10.5. The van der Waals surface area contributed by atoms with Gasteiger partial charge in [-0.25, -0.2) is 0 Å². The van der Waals surface area contributed by atoms with Crippen molar-refractivity contribution in [2.75, 3.05) is 26.7 Å². The number of hydrogen-bond acceptors (Lipinski definition) is 3. The summed E-state index contributed by atoms with van der Waals surface area (Å²) in [5.74, 6) is 1.71. The summed E-state index contributed by atoms with van der Waals surface area (Å²) in [6.07, 6.45) is 0. The summed E-state index contributed by atoms with van der Waals surface area (Å²) in [4.78, 5) is 4.24. The van der Waals surface area contributed by atoms with Crippen LogP contribution in [0.25, 0.3) is 0 Å². The van der Waals surface area contributed by atoms with Gasteiger partial charge in [-0.1, -0.05) is 18.2 Å². The van der Waals surface area contributed by atoms with Crippen molar-refractivity contribution in [1.29, 1.82) is 0 Å². The van der Waals surface area contributed by atoms with Gasteiger partial charge in [-0.15, -0.1) is 24.0 Å². The molecule has 0 saturated heterocycles. The Labute approximate surface area is 157 Å². The lowest BCUT2D eigenvalue weighted by molar-refractivity contribution is 0.336. The molecule has 0 spiro atoms. The fraction of sp³-hybridized carbons (Fsp3) is 0.588. The first kappa shape index (κ1) is 22.0. The minimum Gasteiger partial charge on any atom is -0.494 e. The molecule has 0 bridgehead atoms. The standard InChI is InChI=1S/C17H30N4O.HI/c1-6-22-15-10-8-7-9-14(15)13-20-16(18-5)19-11-12-21-17(2,3)4;/h7-10,21H,6,11-13H2,1-5H3,(H2,18,19,20);1H. The molecular weight excluding hydrogens is 403 g/mol. The average Bonchev–Trinajstić information content (AvgIpc) is 2.47. The zero-order chi connectivity index (χ0) is 16.4. The second kappa shape index (κ2) is 11.5. The molecule has 3 N–H and O–H groups in total. The Hall–Kier alpha value is -1.02. The number of nitrogens with zero attached hydrogens (tertiary/aromatic N) is 1. The zero-order valence-electron chi connectivity index (χ0n) is 14.9.